The van der Waals surface area contributed by atoms with Crippen LogP contribution in [0.15, 0.2) is 60.3 Å². The third-order valence-electron chi connectivity index (χ3n) is 5.74. The first-order valence-corrected chi connectivity index (χ1v) is 10.9. The molecule has 0 radical (unpaired) electrons. The Morgan fingerprint density at radius 1 is 1.09 bits per heavy atom. The van der Waals surface area contributed by atoms with Gasteiger partial charge in [0, 0.05) is 30.0 Å². The molecule has 0 saturated carbocycles. The van der Waals surface area contributed by atoms with E-state index in [9.17, 15) is 8.78 Å². The molecule has 2 aromatic carbocycles. The number of rotatable bonds is 6. The Labute approximate surface area is 187 Å². The molecule has 0 saturated heterocycles. The maximum atomic E-state index is 13.6. The summed E-state index contributed by atoms with van der Waals surface area (Å²) in [4.78, 5) is 7.26. The number of halogens is 2. The zero-order valence-corrected chi connectivity index (χ0v) is 18.7. The first-order chi connectivity index (χ1) is 15.3. The monoisotopic (exact) mass is 437 g/mol. The number of hydrogen-bond acceptors (Lipinski definition) is 4. The fourth-order valence-corrected chi connectivity index (χ4v) is 4.36. The molecular formula is C25H29F2N5. The van der Waals surface area contributed by atoms with Crippen LogP contribution in [0.1, 0.15) is 33.0 Å². The minimum absolute atomic E-state index is 0.294. The second kappa shape index (κ2) is 8.74. The smallest absolute Gasteiger partial charge is 0.139 e. The van der Waals surface area contributed by atoms with Crippen LogP contribution in [0.25, 0.3) is 11.3 Å². The van der Waals surface area contributed by atoms with Crippen molar-refractivity contribution >= 4 is 11.5 Å². The predicted octanol–water partition coefficient (Wildman–Crippen LogP) is 5.38. The highest BCUT2D eigenvalue weighted by Crippen LogP contribution is 2.39. The summed E-state index contributed by atoms with van der Waals surface area (Å²) in [6.07, 6.45) is 3.07. The molecule has 5 nitrogen and oxygen atoms in total. The van der Waals surface area contributed by atoms with Crippen LogP contribution >= 0.6 is 0 Å². The highest BCUT2D eigenvalue weighted by molar-refractivity contribution is 5.77. The molecule has 0 amide bonds. The van der Waals surface area contributed by atoms with E-state index in [1.165, 1.54) is 24.3 Å². The summed E-state index contributed by atoms with van der Waals surface area (Å²) >= 11 is 0. The number of nitrogens with one attached hydrogen (secondary N) is 1. The largest absolute Gasteiger partial charge is 0.364 e. The average molecular weight is 438 g/mol. The van der Waals surface area contributed by atoms with E-state index in [4.69, 9.17) is 10.7 Å². The fraction of sp³-hybridized carbons (Fsp3) is 0.320. The zero-order chi connectivity index (χ0) is 22.9. The van der Waals surface area contributed by atoms with Crippen LogP contribution in [-0.2, 0) is 12.1 Å². The van der Waals surface area contributed by atoms with Gasteiger partial charge in [-0.05, 0) is 68.8 Å². The minimum atomic E-state index is -0.302. The number of imidazole rings is 1. The maximum Gasteiger partial charge on any atom is 0.139 e. The van der Waals surface area contributed by atoms with Gasteiger partial charge in [0.25, 0.3) is 0 Å². The van der Waals surface area contributed by atoms with E-state index in [-0.39, 0.29) is 17.2 Å². The van der Waals surface area contributed by atoms with Crippen molar-refractivity contribution in [3.05, 3.63) is 77.8 Å². The lowest BCUT2D eigenvalue weighted by molar-refractivity contribution is 0.164. The molecule has 7 heteroatoms. The molecule has 2 heterocycles. The van der Waals surface area contributed by atoms with Crippen molar-refractivity contribution in [3.8, 4) is 11.3 Å². The number of hydrogen-bond donors (Lipinski definition) is 2. The van der Waals surface area contributed by atoms with Crippen molar-refractivity contribution in [2.24, 2.45) is 5.73 Å². The van der Waals surface area contributed by atoms with Gasteiger partial charge in [-0.15, -0.1) is 0 Å². The molecule has 3 N–H and O–H groups in total. The summed E-state index contributed by atoms with van der Waals surface area (Å²) in [6.45, 7) is 8.27. The van der Waals surface area contributed by atoms with E-state index in [0.29, 0.717) is 13.1 Å². The van der Waals surface area contributed by atoms with Crippen molar-refractivity contribution in [2.75, 3.05) is 18.4 Å². The Hall–Kier alpha value is -3.19. The predicted molar refractivity (Wildman–Crippen MR) is 124 cm³/mol. The van der Waals surface area contributed by atoms with Crippen LogP contribution in [0.5, 0.6) is 0 Å². The number of aromatic nitrogens is 2. The number of fused-ring (bicyclic) bond motifs is 1. The van der Waals surface area contributed by atoms with Crippen molar-refractivity contribution < 1.29 is 8.78 Å². The lowest BCUT2D eigenvalue weighted by Crippen LogP contribution is -2.47. The van der Waals surface area contributed by atoms with Crippen LogP contribution in [-0.4, -0.2) is 27.5 Å². The van der Waals surface area contributed by atoms with E-state index in [1.807, 2.05) is 0 Å². The molecule has 32 heavy (non-hydrogen) atoms. The molecular weight excluding hydrogens is 408 g/mol. The van der Waals surface area contributed by atoms with Crippen LogP contribution in [0.4, 0.5) is 20.3 Å². The maximum absolute atomic E-state index is 13.6. The Morgan fingerprint density at radius 3 is 2.31 bits per heavy atom. The molecule has 1 aliphatic heterocycles. The third-order valence-corrected chi connectivity index (χ3v) is 5.74. The van der Waals surface area contributed by atoms with Gasteiger partial charge in [-0.2, -0.15) is 0 Å². The van der Waals surface area contributed by atoms with Gasteiger partial charge in [0.1, 0.15) is 29.0 Å². The van der Waals surface area contributed by atoms with Gasteiger partial charge in [-0.3, -0.25) is 0 Å². The molecule has 3 aromatic rings. The Morgan fingerprint density at radius 2 is 1.72 bits per heavy atom. The van der Waals surface area contributed by atoms with Crippen molar-refractivity contribution in [1.29, 1.82) is 0 Å². The molecule has 1 aliphatic rings. The minimum Gasteiger partial charge on any atom is -0.364 e. The van der Waals surface area contributed by atoms with Crippen molar-refractivity contribution in [2.45, 2.75) is 39.3 Å². The highest BCUT2D eigenvalue weighted by atomic mass is 19.1. The fourth-order valence-electron chi connectivity index (χ4n) is 4.36. The number of nitrogens with two attached hydrogens (primary N) is 1. The number of benzene rings is 2. The molecule has 0 spiro atoms. The van der Waals surface area contributed by atoms with Gasteiger partial charge in [-0.25, -0.2) is 13.8 Å². The molecule has 0 aliphatic carbocycles. The molecule has 168 valence electrons. The van der Waals surface area contributed by atoms with Crippen LogP contribution in [0, 0.1) is 11.6 Å². The Kier molecular flexibility index (Phi) is 6.02. The summed E-state index contributed by atoms with van der Waals surface area (Å²) in [7, 11) is 0. The Balaban J connectivity index is 1.84. The first kappa shape index (κ1) is 22.0. The molecule has 0 bridgehead atoms. The molecule has 0 fully saturated rings. The molecule has 0 atom stereocenters. The van der Waals surface area contributed by atoms with Crippen molar-refractivity contribution in [1.82, 2.24) is 14.5 Å². The van der Waals surface area contributed by atoms with Crippen molar-refractivity contribution in [3.63, 3.8) is 0 Å². The second-order valence-electron chi connectivity index (χ2n) is 8.68. The van der Waals surface area contributed by atoms with E-state index in [0.717, 1.165) is 47.2 Å². The first-order valence-electron chi connectivity index (χ1n) is 10.9. The number of anilines is 2. The third kappa shape index (κ3) is 4.25. The van der Waals surface area contributed by atoms with E-state index < -0.39 is 0 Å². The quantitative estimate of drug-likeness (QED) is 0.544. The molecule has 1 aromatic heterocycles. The summed E-state index contributed by atoms with van der Waals surface area (Å²) in [6, 6.07) is 12.6. The van der Waals surface area contributed by atoms with E-state index in [2.05, 4.69) is 41.6 Å². The zero-order valence-electron chi connectivity index (χ0n) is 18.7. The lowest BCUT2D eigenvalue weighted by atomic mass is 10.00. The summed E-state index contributed by atoms with van der Waals surface area (Å²) < 4.78 is 29.2. The summed E-state index contributed by atoms with van der Waals surface area (Å²) in [5.41, 5.74) is 9.13. The van der Waals surface area contributed by atoms with E-state index >= 15 is 0 Å². The van der Waals surface area contributed by atoms with E-state index in [1.54, 1.807) is 24.3 Å². The lowest BCUT2D eigenvalue weighted by Gasteiger charge is -2.42. The van der Waals surface area contributed by atoms with Gasteiger partial charge >= 0.3 is 0 Å². The van der Waals surface area contributed by atoms with Gasteiger partial charge in [0.2, 0.25) is 0 Å². The highest BCUT2D eigenvalue weighted by Gasteiger charge is 2.36. The van der Waals surface area contributed by atoms with Gasteiger partial charge in [0.15, 0.2) is 0 Å². The Bertz CT molecular complexity index is 1110. The van der Waals surface area contributed by atoms with Crippen LogP contribution < -0.4 is 11.1 Å². The van der Waals surface area contributed by atoms with Gasteiger partial charge in [-0.1, -0.05) is 13.0 Å². The molecule has 0 unspecified atom stereocenters. The van der Waals surface area contributed by atoms with Crippen LogP contribution in [0.2, 0.25) is 0 Å². The number of allylic oxidation sites excluding steroid dienone is 1. The molecule has 4 rings (SSSR count). The second-order valence-corrected chi connectivity index (χ2v) is 8.68. The van der Waals surface area contributed by atoms with Crippen LogP contribution in [0.3, 0.4) is 0 Å². The average Bonchev–Trinajstić information content (AvgIpc) is 3.13. The van der Waals surface area contributed by atoms with Gasteiger partial charge < -0.3 is 20.5 Å². The normalized spacial score (nSPS) is 15.6. The number of nitrogens with zero attached hydrogens (tertiary/aromatic N) is 3. The van der Waals surface area contributed by atoms with Gasteiger partial charge in [0.05, 0.1) is 12.1 Å². The SMILES string of the molecule is CC/C=C(\CN)N1Cc2nc(-c3ccc(F)cc3)c(Nc3ccc(F)cc3)n2C(C)(C)C1. The summed E-state index contributed by atoms with van der Waals surface area (Å²) in [5, 5.41) is 3.44. The topological polar surface area (TPSA) is 59.1 Å². The summed E-state index contributed by atoms with van der Waals surface area (Å²) in [5.74, 6) is 1.10. The standard InChI is InChI=1S/C25H29F2N5/c1-4-5-21(14-28)31-15-22-30-23(17-6-8-18(26)9-7-17)24(32(22)25(2,3)16-31)29-20-12-10-19(27)11-13-20/h5-13,29H,4,14-16,28H2,1-3H3/b21-5+.